The van der Waals surface area contributed by atoms with Gasteiger partial charge in [-0.3, -0.25) is 9.59 Å². The topological polar surface area (TPSA) is 83.8 Å². The third kappa shape index (κ3) is 3.36. The molecular weight excluding hydrogens is 440 g/mol. The lowest BCUT2D eigenvalue weighted by molar-refractivity contribution is -0.187. The Morgan fingerprint density at radius 2 is 1.71 bits per heavy atom. The lowest BCUT2D eigenvalue weighted by Crippen LogP contribution is -2.60. The summed E-state index contributed by atoms with van der Waals surface area (Å²) in [7, 11) is 0. The molecule has 0 spiro atoms. The predicted octanol–water partition coefficient (Wildman–Crippen LogP) is 4.88. The molecule has 196 valence electrons. The minimum Gasteiger partial charge on any atom is -0.390 e. The van der Waals surface area contributed by atoms with E-state index in [2.05, 4.69) is 20.8 Å². The average molecular weight is 487 g/mol. The van der Waals surface area contributed by atoms with Crippen LogP contribution in [0.25, 0.3) is 0 Å². The third-order valence-corrected chi connectivity index (χ3v) is 12.0. The van der Waals surface area contributed by atoms with Gasteiger partial charge in [0.05, 0.1) is 18.3 Å². The number of carbonyl (C=O) groups excluding carboxylic acids is 2. The van der Waals surface area contributed by atoms with Crippen LogP contribution in [0.4, 0.5) is 0 Å². The summed E-state index contributed by atoms with van der Waals surface area (Å²) >= 11 is 0. The zero-order chi connectivity index (χ0) is 25.8. The fourth-order valence-corrected chi connectivity index (χ4v) is 10.0. The summed E-state index contributed by atoms with van der Waals surface area (Å²) in [6.45, 7) is 15.1. The van der Waals surface area contributed by atoms with Crippen LogP contribution in [-0.2, 0) is 14.3 Å². The Bertz CT molecular complexity index is 958. The van der Waals surface area contributed by atoms with Gasteiger partial charge < -0.3 is 14.9 Å². The number of hydrogen-bond donors (Lipinski definition) is 2. The molecule has 0 aromatic rings. The predicted molar refractivity (Wildman–Crippen MR) is 135 cm³/mol. The number of carbonyl (C=O) groups is 2. The van der Waals surface area contributed by atoms with Gasteiger partial charge in [-0.15, -0.1) is 0 Å². The molecule has 5 rings (SSSR count). The van der Waals surface area contributed by atoms with Crippen LogP contribution < -0.4 is 0 Å². The van der Waals surface area contributed by atoms with Crippen molar-refractivity contribution in [2.24, 2.45) is 45.3 Å². The van der Waals surface area contributed by atoms with E-state index in [1.807, 2.05) is 19.9 Å². The number of allylic oxidation sites excluding steroid dienone is 2. The van der Waals surface area contributed by atoms with Gasteiger partial charge in [0, 0.05) is 17.8 Å². The molecular formula is C30H46O5. The van der Waals surface area contributed by atoms with Gasteiger partial charge in [-0.25, -0.2) is 0 Å². The smallest absolute Gasteiger partial charge is 0.160 e. The molecule has 0 aromatic heterocycles. The Hall–Kier alpha value is -1.04. The number of aliphatic hydroxyl groups is 2. The first-order chi connectivity index (χ1) is 16.1. The SMILES string of the molecule is CC(C)(O)[C@@H]1OC[C@H]([C@@H]2CC[C@]3(C)C4=CC(=O)[C@H]5C(C)(C)C(=O)CC[C@]5(C)[C@H]4CC[C@@]23C)C[C@H]1O. The van der Waals surface area contributed by atoms with Gasteiger partial charge in [-0.2, -0.15) is 0 Å². The molecule has 5 heteroatoms. The van der Waals surface area contributed by atoms with E-state index in [0.29, 0.717) is 31.3 Å². The fraction of sp³-hybridized carbons (Fsp3) is 0.867. The van der Waals surface area contributed by atoms with Gasteiger partial charge in [0.2, 0.25) is 0 Å². The van der Waals surface area contributed by atoms with E-state index in [9.17, 15) is 19.8 Å². The number of hydrogen-bond acceptors (Lipinski definition) is 5. The fourth-order valence-electron chi connectivity index (χ4n) is 10.0. The molecule has 0 aromatic carbocycles. The minimum atomic E-state index is -1.06. The summed E-state index contributed by atoms with van der Waals surface area (Å²) in [5.74, 6) is 1.18. The molecule has 0 unspecified atom stereocenters. The zero-order valence-electron chi connectivity index (χ0n) is 22.8. The van der Waals surface area contributed by atoms with Crippen molar-refractivity contribution in [3.05, 3.63) is 11.6 Å². The molecule has 9 atom stereocenters. The van der Waals surface area contributed by atoms with Crippen molar-refractivity contribution in [1.29, 1.82) is 0 Å². The number of rotatable bonds is 2. The molecule has 35 heavy (non-hydrogen) atoms. The Balaban J connectivity index is 1.47. The number of fused-ring (bicyclic) bond motifs is 5. The van der Waals surface area contributed by atoms with Crippen LogP contribution in [0.5, 0.6) is 0 Å². The van der Waals surface area contributed by atoms with Crippen LogP contribution in [0.15, 0.2) is 11.6 Å². The number of Topliss-reactive ketones (excluding diaryl/α,β-unsaturated/α-hetero) is 1. The monoisotopic (exact) mass is 486 g/mol. The summed E-state index contributed by atoms with van der Waals surface area (Å²) in [6, 6.07) is 0. The number of ether oxygens (including phenoxy) is 1. The molecule has 4 fully saturated rings. The first kappa shape index (κ1) is 25.6. The second-order valence-electron chi connectivity index (χ2n) is 14.5. The van der Waals surface area contributed by atoms with Crippen molar-refractivity contribution in [1.82, 2.24) is 0 Å². The van der Waals surface area contributed by atoms with Crippen molar-refractivity contribution in [3.8, 4) is 0 Å². The van der Waals surface area contributed by atoms with E-state index in [1.54, 1.807) is 13.8 Å². The highest BCUT2D eigenvalue weighted by molar-refractivity contribution is 6.00. The summed E-state index contributed by atoms with van der Waals surface area (Å²) in [5, 5.41) is 21.3. The average Bonchev–Trinajstić information content (AvgIpc) is 3.02. The van der Waals surface area contributed by atoms with Crippen molar-refractivity contribution in [3.63, 3.8) is 0 Å². The highest BCUT2D eigenvalue weighted by atomic mass is 16.5. The molecule has 0 bridgehead atoms. The first-order valence-electron chi connectivity index (χ1n) is 13.9. The van der Waals surface area contributed by atoms with E-state index in [4.69, 9.17) is 4.74 Å². The maximum absolute atomic E-state index is 13.7. The van der Waals surface area contributed by atoms with Crippen LogP contribution in [0.1, 0.15) is 93.4 Å². The second kappa shape index (κ2) is 7.74. The Kier molecular flexibility index (Phi) is 5.66. The normalized spacial score (nSPS) is 49.7. The Morgan fingerprint density at radius 3 is 2.34 bits per heavy atom. The van der Waals surface area contributed by atoms with Crippen LogP contribution in [-0.4, -0.2) is 46.2 Å². The molecule has 3 saturated carbocycles. The van der Waals surface area contributed by atoms with E-state index in [1.165, 1.54) is 5.57 Å². The standard InChI is InChI=1S/C30H46O5/c1-26(2)23(33)10-11-28(5)19-9-13-29(6)18(17-14-22(32)25(35-16-17)27(3,4)34)8-12-30(29,7)20(19)15-21(31)24(26)28/h15,17-19,22,24-25,32,34H,8-14,16H2,1-7H3/t17-,18+,19+,22-,24+,25-,28-,29+,30-/m1/s1. The largest absolute Gasteiger partial charge is 0.390 e. The highest BCUT2D eigenvalue weighted by Crippen LogP contribution is 2.73. The van der Waals surface area contributed by atoms with Crippen LogP contribution >= 0.6 is 0 Å². The zero-order valence-corrected chi connectivity index (χ0v) is 22.8. The molecule has 5 nitrogen and oxygen atoms in total. The van der Waals surface area contributed by atoms with Crippen molar-refractivity contribution >= 4 is 11.6 Å². The van der Waals surface area contributed by atoms with Crippen molar-refractivity contribution < 1.29 is 24.5 Å². The summed E-state index contributed by atoms with van der Waals surface area (Å²) in [4.78, 5) is 26.6. The molecule has 0 amide bonds. The molecule has 0 radical (unpaired) electrons. The van der Waals surface area contributed by atoms with E-state index >= 15 is 0 Å². The van der Waals surface area contributed by atoms with Crippen molar-refractivity contribution in [2.75, 3.05) is 6.61 Å². The first-order valence-corrected chi connectivity index (χ1v) is 13.9. The van der Waals surface area contributed by atoms with Gasteiger partial charge in [-0.1, -0.05) is 40.2 Å². The molecule has 1 heterocycles. The van der Waals surface area contributed by atoms with Crippen molar-refractivity contribution in [2.45, 2.75) is 111 Å². The lowest BCUT2D eigenvalue weighted by Gasteiger charge is -2.62. The third-order valence-electron chi connectivity index (χ3n) is 12.0. The Morgan fingerprint density at radius 1 is 1.03 bits per heavy atom. The van der Waals surface area contributed by atoms with E-state index < -0.39 is 23.2 Å². The molecule has 1 saturated heterocycles. The van der Waals surface area contributed by atoms with E-state index in [-0.39, 0.29) is 39.6 Å². The summed E-state index contributed by atoms with van der Waals surface area (Å²) in [6.07, 6.45) is 7.08. The highest BCUT2D eigenvalue weighted by Gasteiger charge is 2.67. The van der Waals surface area contributed by atoms with Gasteiger partial charge in [0.1, 0.15) is 11.9 Å². The number of ketones is 2. The molecule has 5 aliphatic rings. The molecule has 4 aliphatic carbocycles. The van der Waals surface area contributed by atoms with Gasteiger partial charge in [0.25, 0.3) is 0 Å². The van der Waals surface area contributed by atoms with Crippen LogP contribution in [0.2, 0.25) is 0 Å². The summed E-state index contributed by atoms with van der Waals surface area (Å²) in [5.41, 5.74) is -0.509. The Labute approximate surface area is 211 Å². The summed E-state index contributed by atoms with van der Waals surface area (Å²) < 4.78 is 6.08. The maximum Gasteiger partial charge on any atom is 0.160 e. The van der Waals surface area contributed by atoms with E-state index in [0.717, 1.165) is 32.1 Å². The molecule has 2 N–H and O–H groups in total. The minimum absolute atomic E-state index is 0.0358. The maximum atomic E-state index is 13.7. The molecule has 1 aliphatic heterocycles. The van der Waals surface area contributed by atoms with Crippen LogP contribution in [0, 0.1) is 45.3 Å². The van der Waals surface area contributed by atoms with Gasteiger partial charge in [0.15, 0.2) is 5.78 Å². The van der Waals surface area contributed by atoms with Gasteiger partial charge in [-0.05, 0) is 92.4 Å². The van der Waals surface area contributed by atoms with Gasteiger partial charge >= 0.3 is 0 Å². The second-order valence-corrected chi connectivity index (χ2v) is 14.5. The number of aliphatic hydroxyl groups excluding tert-OH is 1. The lowest BCUT2D eigenvalue weighted by atomic mass is 9.41. The quantitative estimate of drug-likeness (QED) is 0.581. The van der Waals surface area contributed by atoms with Crippen LogP contribution in [0.3, 0.4) is 0 Å².